The van der Waals surface area contributed by atoms with E-state index in [1.54, 1.807) is 53.7 Å². The SMILES string of the molecule is C=C(C(CC(O)C(C)(C)OC(C)C)OC(=O)/C(C)=C\C)[C@@H]1C[C@@H]2O[C@]2(C)[C@H](OC(=O)/C(C)=C\C)[C@@H]1OC(C)=O. The Balaban J connectivity index is 2.46. The van der Waals surface area contributed by atoms with Crippen LogP contribution >= 0.6 is 0 Å². The van der Waals surface area contributed by atoms with Crippen LogP contribution in [0.4, 0.5) is 0 Å². The van der Waals surface area contributed by atoms with E-state index in [1.807, 2.05) is 20.8 Å². The van der Waals surface area contributed by atoms with Crippen molar-refractivity contribution < 1.29 is 43.2 Å². The van der Waals surface area contributed by atoms with Gasteiger partial charge in [-0.05, 0) is 74.3 Å². The van der Waals surface area contributed by atoms with Crippen molar-refractivity contribution in [1.29, 1.82) is 0 Å². The fourth-order valence-corrected chi connectivity index (χ4v) is 4.94. The number of fused-ring (bicyclic) bond motifs is 1. The molecule has 0 aromatic carbocycles. The van der Waals surface area contributed by atoms with Gasteiger partial charge in [0.1, 0.15) is 17.8 Å². The van der Waals surface area contributed by atoms with Gasteiger partial charge in [0.15, 0.2) is 6.10 Å². The molecule has 0 amide bonds. The number of epoxide rings is 1. The first-order valence-corrected chi connectivity index (χ1v) is 13.6. The maximum Gasteiger partial charge on any atom is 0.333 e. The minimum Gasteiger partial charge on any atom is -0.458 e. The van der Waals surface area contributed by atoms with Crippen LogP contribution in [-0.4, -0.2) is 70.8 Å². The summed E-state index contributed by atoms with van der Waals surface area (Å²) in [6, 6.07) is 0. The van der Waals surface area contributed by atoms with Gasteiger partial charge < -0.3 is 28.8 Å². The largest absolute Gasteiger partial charge is 0.458 e. The molecule has 1 saturated carbocycles. The third-order valence-electron chi connectivity index (χ3n) is 7.67. The maximum absolute atomic E-state index is 12.9. The normalized spacial score (nSPS) is 28.7. The molecule has 1 saturated heterocycles. The molecule has 220 valence electrons. The summed E-state index contributed by atoms with van der Waals surface area (Å²) in [7, 11) is 0. The Morgan fingerprint density at radius 1 is 1.08 bits per heavy atom. The van der Waals surface area contributed by atoms with Crippen molar-refractivity contribution in [3.8, 4) is 0 Å². The molecule has 1 aliphatic carbocycles. The highest BCUT2D eigenvalue weighted by Gasteiger charge is 2.68. The summed E-state index contributed by atoms with van der Waals surface area (Å²) >= 11 is 0. The van der Waals surface area contributed by atoms with Gasteiger partial charge in [0.25, 0.3) is 0 Å². The molecule has 7 atom stereocenters. The molecule has 1 aliphatic heterocycles. The van der Waals surface area contributed by atoms with Crippen molar-refractivity contribution in [2.45, 2.75) is 130 Å². The van der Waals surface area contributed by atoms with E-state index in [2.05, 4.69) is 6.58 Å². The second-order valence-electron chi connectivity index (χ2n) is 11.5. The van der Waals surface area contributed by atoms with Crippen LogP contribution in [0.1, 0.15) is 82.1 Å². The number of rotatable bonds is 12. The molecule has 2 rings (SSSR count). The molecule has 2 fully saturated rings. The zero-order valence-corrected chi connectivity index (χ0v) is 25.0. The van der Waals surface area contributed by atoms with Gasteiger partial charge in [-0.2, -0.15) is 0 Å². The first-order valence-electron chi connectivity index (χ1n) is 13.6. The highest BCUT2D eigenvalue weighted by molar-refractivity contribution is 5.88. The number of ether oxygens (including phenoxy) is 5. The number of carbonyl (C=O) groups excluding carboxylic acids is 3. The molecule has 1 N–H and O–H groups in total. The summed E-state index contributed by atoms with van der Waals surface area (Å²) in [5, 5.41) is 11.2. The van der Waals surface area contributed by atoms with Gasteiger partial charge in [0, 0.05) is 30.4 Å². The second kappa shape index (κ2) is 12.8. The predicted octanol–water partition coefficient (Wildman–Crippen LogP) is 4.36. The average molecular weight is 551 g/mol. The summed E-state index contributed by atoms with van der Waals surface area (Å²) in [4.78, 5) is 37.8. The zero-order valence-electron chi connectivity index (χ0n) is 25.0. The predicted molar refractivity (Wildman–Crippen MR) is 146 cm³/mol. The molecule has 0 spiro atoms. The van der Waals surface area contributed by atoms with Crippen LogP contribution < -0.4 is 0 Å². The van der Waals surface area contributed by atoms with Crippen LogP contribution in [-0.2, 0) is 38.1 Å². The van der Waals surface area contributed by atoms with Crippen LogP contribution in [0.15, 0.2) is 35.5 Å². The molecule has 2 aliphatic rings. The third kappa shape index (κ3) is 7.80. The van der Waals surface area contributed by atoms with Crippen LogP contribution in [0, 0.1) is 5.92 Å². The summed E-state index contributed by atoms with van der Waals surface area (Å²) in [6.45, 7) is 21.4. The molecule has 1 heterocycles. The fourth-order valence-electron chi connectivity index (χ4n) is 4.94. The average Bonchev–Trinajstić information content (AvgIpc) is 3.52. The lowest BCUT2D eigenvalue weighted by Gasteiger charge is -2.41. The van der Waals surface area contributed by atoms with Crippen LogP contribution in [0.25, 0.3) is 0 Å². The van der Waals surface area contributed by atoms with E-state index in [0.29, 0.717) is 23.1 Å². The molecule has 39 heavy (non-hydrogen) atoms. The van der Waals surface area contributed by atoms with E-state index >= 15 is 0 Å². The first kappa shape index (κ1) is 32.7. The summed E-state index contributed by atoms with van der Waals surface area (Å²) in [6.07, 6.45) is -0.575. The number of hydrogen-bond donors (Lipinski definition) is 1. The lowest BCUT2D eigenvalue weighted by atomic mass is 9.73. The van der Waals surface area contributed by atoms with E-state index in [-0.39, 0.29) is 18.6 Å². The van der Waals surface area contributed by atoms with Gasteiger partial charge in [-0.15, -0.1) is 0 Å². The van der Waals surface area contributed by atoms with Crippen LogP contribution in [0.2, 0.25) is 0 Å². The molecule has 0 radical (unpaired) electrons. The quantitative estimate of drug-likeness (QED) is 0.124. The summed E-state index contributed by atoms with van der Waals surface area (Å²) in [5.74, 6) is -2.24. The van der Waals surface area contributed by atoms with E-state index < -0.39 is 59.4 Å². The minimum absolute atomic E-state index is 0.00446. The van der Waals surface area contributed by atoms with Crippen molar-refractivity contribution in [2.75, 3.05) is 0 Å². The summed E-state index contributed by atoms with van der Waals surface area (Å²) < 4.78 is 29.4. The lowest BCUT2D eigenvalue weighted by molar-refractivity contribution is -0.176. The van der Waals surface area contributed by atoms with Gasteiger partial charge in [-0.25, -0.2) is 9.59 Å². The molecular weight excluding hydrogens is 504 g/mol. The van der Waals surface area contributed by atoms with E-state index in [4.69, 9.17) is 23.7 Å². The van der Waals surface area contributed by atoms with Crippen molar-refractivity contribution in [2.24, 2.45) is 5.92 Å². The lowest BCUT2D eigenvalue weighted by Crippen LogP contribution is -2.54. The maximum atomic E-state index is 12.9. The number of allylic oxidation sites excluding steroid dienone is 2. The fraction of sp³-hybridized carbons (Fsp3) is 0.700. The van der Waals surface area contributed by atoms with Gasteiger partial charge in [-0.3, -0.25) is 4.79 Å². The van der Waals surface area contributed by atoms with E-state index in [9.17, 15) is 19.5 Å². The standard InChI is InChI=1S/C30H46O9/c1-12-17(5)27(33)36-22(15-23(32)29(9,10)38-16(3)4)19(7)21-14-24-30(11,39-24)26(25(21)35-20(8)31)37-28(34)18(6)13-2/h12-13,16,21-26,32H,7,14-15H2,1-6,8-11H3/b17-12-,18-13-/t21-,22?,23?,24-,25+,26+,30-/m0/s1. The first-order chi connectivity index (χ1) is 18.0. The molecule has 9 heteroatoms. The summed E-state index contributed by atoms with van der Waals surface area (Å²) in [5.41, 5.74) is -0.550. The zero-order chi connectivity index (χ0) is 29.9. The molecule has 0 aromatic heterocycles. The number of esters is 3. The van der Waals surface area contributed by atoms with E-state index in [1.165, 1.54) is 6.92 Å². The van der Waals surface area contributed by atoms with Gasteiger partial charge >= 0.3 is 17.9 Å². The van der Waals surface area contributed by atoms with Gasteiger partial charge in [-0.1, -0.05) is 18.7 Å². The van der Waals surface area contributed by atoms with E-state index in [0.717, 1.165) is 0 Å². The van der Waals surface area contributed by atoms with Crippen LogP contribution in [0.5, 0.6) is 0 Å². The highest BCUT2D eigenvalue weighted by Crippen LogP contribution is 2.53. The van der Waals surface area contributed by atoms with Gasteiger partial charge in [0.2, 0.25) is 0 Å². The Morgan fingerprint density at radius 2 is 1.64 bits per heavy atom. The number of aliphatic hydroxyl groups is 1. The van der Waals surface area contributed by atoms with Crippen molar-refractivity contribution in [3.63, 3.8) is 0 Å². The van der Waals surface area contributed by atoms with Crippen molar-refractivity contribution >= 4 is 17.9 Å². The molecule has 9 nitrogen and oxygen atoms in total. The second-order valence-corrected chi connectivity index (χ2v) is 11.5. The van der Waals surface area contributed by atoms with Gasteiger partial charge in [0.05, 0.1) is 23.9 Å². The van der Waals surface area contributed by atoms with Crippen LogP contribution in [0.3, 0.4) is 0 Å². The minimum atomic E-state index is -1.02. The third-order valence-corrected chi connectivity index (χ3v) is 7.67. The molecule has 0 aromatic rings. The Kier molecular flexibility index (Phi) is 10.7. The molecule has 2 unspecified atom stereocenters. The Hall–Kier alpha value is -2.49. The highest BCUT2D eigenvalue weighted by atomic mass is 16.7. The molecule has 0 bridgehead atoms. The number of aliphatic hydroxyl groups excluding tert-OH is 1. The number of carbonyl (C=O) groups is 3. The van der Waals surface area contributed by atoms with Crippen molar-refractivity contribution in [1.82, 2.24) is 0 Å². The Labute approximate surface area is 232 Å². The number of hydrogen-bond acceptors (Lipinski definition) is 9. The topological polar surface area (TPSA) is 121 Å². The monoisotopic (exact) mass is 550 g/mol. The van der Waals surface area contributed by atoms with Crippen molar-refractivity contribution in [3.05, 3.63) is 35.5 Å². The smallest absolute Gasteiger partial charge is 0.333 e. The molecular formula is C30H46O9. The Morgan fingerprint density at radius 3 is 2.15 bits per heavy atom. The Bertz CT molecular complexity index is 1010.